The molecule has 0 spiro atoms. The van der Waals surface area contributed by atoms with Gasteiger partial charge in [-0.2, -0.15) is 5.10 Å². The van der Waals surface area contributed by atoms with E-state index in [4.69, 9.17) is 5.11 Å². The van der Waals surface area contributed by atoms with Crippen LogP contribution < -0.4 is 5.32 Å². The molecule has 4 rings (SSSR count). The van der Waals surface area contributed by atoms with Crippen LogP contribution in [-0.2, 0) is 10.5 Å². The van der Waals surface area contributed by atoms with Gasteiger partial charge in [0.05, 0.1) is 5.52 Å². The average Bonchev–Trinajstić information content (AvgIpc) is 3.19. The molecule has 9 nitrogen and oxygen atoms in total. The predicted molar refractivity (Wildman–Crippen MR) is 106 cm³/mol. The largest absolute Gasteiger partial charge is 0.507 e. The van der Waals surface area contributed by atoms with Crippen molar-refractivity contribution in [2.45, 2.75) is 10.8 Å². The lowest BCUT2D eigenvalue weighted by atomic mass is 10.1. The quantitative estimate of drug-likeness (QED) is 0.413. The number of carbonyl (C=O) groups is 2. The van der Waals surface area contributed by atoms with Gasteiger partial charge in [0.15, 0.2) is 5.65 Å². The number of pyridine rings is 2. The SMILES string of the molecule is O=C(O)CNC(=O)c1c(O)cc(SCc2ccnc3ccccc23)n2ncnc12. The maximum Gasteiger partial charge on any atom is 0.322 e. The van der Waals surface area contributed by atoms with Gasteiger partial charge < -0.3 is 15.5 Å². The van der Waals surface area contributed by atoms with Crippen molar-refractivity contribution >= 4 is 40.2 Å². The van der Waals surface area contributed by atoms with E-state index >= 15 is 0 Å². The molecule has 29 heavy (non-hydrogen) atoms. The van der Waals surface area contributed by atoms with E-state index in [0.29, 0.717) is 10.8 Å². The van der Waals surface area contributed by atoms with Crippen molar-refractivity contribution in [1.82, 2.24) is 24.9 Å². The molecule has 0 aliphatic carbocycles. The third kappa shape index (κ3) is 3.69. The van der Waals surface area contributed by atoms with Crippen LogP contribution in [0.5, 0.6) is 5.75 Å². The Kier molecular flexibility index (Phi) is 5.00. The Balaban J connectivity index is 1.65. The normalized spacial score (nSPS) is 11.0. The number of aromatic hydroxyl groups is 1. The number of nitrogens with one attached hydrogen (secondary N) is 1. The Hall–Kier alpha value is -3.66. The molecular formula is C19H15N5O4S. The van der Waals surface area contributed by atoms with E-state index in [1.54, 1.807) is 6.20 Å². The molecule has 3 N–H and O–H groups in total. The summed E-state index contributed by atoms with van der Waals surface area (Å²) in [5.74, 6) is -1.63. The van der Waals surface area contributed by atoms with Crippen molar-refractivity contribution < 1.29 is 19.8 Å². The molecule has 1 aromatic carbocycles. The fourth-order valence-corrected chi connectivity index (χ4v) is 3.94. The molecule has 3 aromatic heterocycles. The lowest BCUT2D eigenvalue weighted by Gasteiger charge is -2.11. The van der Waals surface area contributed by atoms with Crippen LogP contribution in [0.1, 0.15) is 15.9 Å². The molecular weight excluding hydrogens is 394 g/mol. The fraction of sp³-hybridized carbons (Fsp3) is 0.105. The molecule has 0 fully saturated rings. The highest BCUT2D eigenvalue weighted by atomic mass is 32.2. The third-order valence-electron chi connectivity index (χ3n) is 4.24. The van der Waals surface area contributed by atoms with E-state index in [9.17, 15) is 14.7 Å². The van der Waals surface area contributed by atoms with Gasteiger partial charge in [0, 0.05) is 23.4 Å². The highest BCUT2D eigenvalue weighted by Crippen LogP contribution is 2.31. The van der Waals surface area contributed by atoms with E-state index in [1.165, 1.54) is 28.7 Å². The number of benzene rings is 1. The molecule has 0 bridgehead atoms. The Morgan fingerprint density at radius 1 is 1.17 bits per heavy atom. The van der Waals surface area contributed by atoms with E-state index in [0.717, 1.165) is 16.5 Å². The van der Waals surface area contributed by atoms with Gasteiger partial charge >= 0.3 is 5.97 Å². The van der Waals surface area contributed by atoms with Crippen LogP contribution in [0.25, 0.3) is 16.6 Å². The van der Waals surface area contributed by atoms with E-state index in [2.05, 4.69) is 20.4 Å². The van der Waals surface area contributed by atoms with Crippen molar-refractivity contribution in [3.8, 4) is 5.75 Å². The van der Waals surface area contributed by atoms with Crippen LogP contribution in [0.2, 0.25) is 0 Å². The molecule has 0 atom stereocenters. The molecule has 0 aliphatic heterocycles. The number of rotatable bonds is 6. The fourth-order valence-electron chi connectivity index (χ4n) is 2.94. The molecule has 4 aromatic rings. The number of aromatic nitrogens is 4. The van der Waals surface area contributed by atoms with E-state index < -0.39 is 18.4 Å². The van der Waals surface area contributed by atoms with Gasteiger partial charge in [0.25, 0.3) is 5.91 Å². The number of hydrogen-bond donors (Lipinski definition) is 3. The number of para-hydroxylation sites is 1. The summed E-state index contributed by atoms with van der Waals surface area (Å²) < 4.78 is 1.45. The number of carbonyl (C=O) groups excluding carboxylic acids is 1. The number of nitrogens with zero attached hydrogens (tertiary/aromatic N) is 4. The maximum absolute atomic E-state index is 12.3. The number of fused-ring (bicyclic) bond motifs is 2. The summed E-state index contributed by atoms with van der Waals surface area (Å²) in [5.41, 5.74) is 1.99. The Labute approximate surface area is 168 Å². The lowest BCUT2D eigenvalue weighted by molar-refractivity contribution is -0.135. The van der Waals surface area contributed by atoms with Gasteiger partial charge in [-0.3, -0.25) is 14.6 Å². The zero-order valence-electron chi connectivity index (χ0n) is 14.9. The number of carboxylic acid groups (broad SMARTS) is 1. The third-order valence-corrected chi connectivity index (χ3v) is 5.28. The monoisotopic (exact) mass is 409 g/mol. The van der Waals surface area contributed by atoms with Gasteiger partial charge in [0.1, 0.15) is 29.2 Å². The zero-order valence-corrected chi connectivity index (χ0v) is 15.8. The Bertz CT molecular complexity index is 1230. The molecule has 0 radical (unpaired) electrons. The van der Waals surface area contributed by atoms with Gasteiger partial charge in [-0.05, 0) is 17.7 Å². The molecule has 1 amide bonds. The first-order valence-corrected chi connectivity index (χ1v) is 9.54. The number of amides is 1. The van der Waals surface area contributed by atoms with Crippen molar-refractivity contribution in [2.24, 2.45) is 0 Å². The molecule has 10 heteroatoms. The van der Waals surface area contributed by atoms with Gasteiger partial charge in [-0.15, -0.1) is 11.8 Å². The van der Waals surface area contributed by atoms with Crippen LogP contribution in [-0.4, -0.2) is 48.2 Å². The topological polar surface area (TPSA) is 130 Å². The summed E-state index contributed by atoms with van der Waals surface area (Å²) in [5, 5.41) is 27.1. The number of aliphatic carboxylic acids is 1. The molecule has 0 unspecified atom stereocenters. The van der Waals surface area contributed by atoms with E-state index in [-0.39, 0.29) is 17.0 Å². The average molecular weight is 409 g/mol. The minimum absolute atomic E-state index is 0.123. The molecule has 0 aliphatic rings. The summed E-state index contributed by atoms with van der Waals surface area (Å²) in [4.78, 5) is 31.4. The van der Waals surface area contributed by atoms with Gasteiger partial charge in [-0.1, -0.05) is 18.2 Å². The highest BCUT2D eigenvalue weighted by molar-refractivity contribution is 7.98. The van der Waals surface area contributed by atoms with Crippen LogP contribution in [0.15, 0.2) is 53.9 Å². The molecule has 3 heterocycles. The molecule has 0 saturated heterocycles. The Morgan fingerprint density at radius 2 is 2.00 bits per heavy atom. The lowest BCUT2D eigenvalue weighted by Crippen LogP contribution is -2.29. The standard InChI is InChI=1S/C19H15N5O4S/c25-14-7-15(29-9-11-5-6-20-13-4-2-1-3-12(11)13)24-18(22-10-23-24)17(14)19(28)21-8-16(26)27/h1-7,10,25H,8-9H2,(H,21,28)(H,26,27). The number of carboxylic acids is 1. The van der Waals surface area contributed by atoms with Gasteiger partial charge in [0.2, 0.25) is 0 Å². The second-order valence-electron chi connectivity index (χ2n) is 6.09. The first kappa shape index (κ1) is 18.7. The Morgan fingerprint density at radius 3 is 2.83 bits per heavy atom. The second-order valence-corrected chi connectivity index (χ2v) is 7.09. The van der Waals surface area contributed by atoms with Crippen LogP contribution in [0.4, 0.5) is 0 Å². The molecule has 146 valence electrons. The first-order chi connectivity index (χ1) is 14.0. The minimum atomic E-state index is -1.19. The zero-order chi connectivity index (χ0) is 20.4. The van der Waals surface area contributed by atoms with Crippen LogP contribution >= 0.6 is 11.8 Å². The first-order valence-electron chi connectivity index (χ1n) is 8.55. The molecule has 0 saturated carbocycles. The maximum atomic E-state index is 12.3. The number of thioether (sulfide) groups is 1. The highest BCUT2D eigenvalue weighted by Gasteiger charge is 2.21. The van der Waals surface area contributed by atoms with E-state index in [1.807, 2.05) is 30.3 Å². The predicted octanol–water partition coefficient (Wildman–Crippen LogP) is 2.09. The van der Waals surface area contributed by atoms with Gasteiger partial charge in [-0.25, -0.2) is 9.50 Å². The van der Waals surface area contributed by atoms with Crippen LogP contribution in [0.3, 0.4) is 0 Å². The van der Waals surface area contributed by atoms with Crippen molar-refractivity contribution in [1.29, 1.82) is 0 Å². The van der Waals surface area contributed by atoms with Crippen molar-refractivity contribution in [3.05, 3.63) is 60.0 Å². The summed E-state index contributed by atoms with van der Waals surface area (Å²) in [6.45, 7) is -0.565. The summed E-state index contributed by atoms with van der Waals surface area (Å²) in [6.07, 6.45) is 3.02. The van der Waals surface area contributed by atoms with Crippen molar-refractivity contribution in [3.63, 3.8) is 0 Å². The summed E-state index contributed by atoms with van der Waals surface area (Å²) >= 11 is 1.42. The summed E-state index contributed by atoms with van der Waals surface area (Å²) in [7, 11) is 0. The van der Waals surface area contributed by atoms with Crippen molar-refractivity contribution in [2.75, 3.05) is 6.54 Å². The minimum Gasteiger partial charge on any atom is -0.507 e. The number of hydrogen-bond acceptors (Lipinski definition) is 7. The smallest absolute Gasteiger partial charge is 0.322 e. The second kappa shape index (κ2) is 7.76. The van der Waals surface area contributed by atoms with Crippen LogP contribution in [0, 0.1) is 0 Å². The summed E-state index contributed by atoms with van der Waals surface area (Å²) in [6, 6.07) is 11.2.